The van der Waals surface area contributed by atoms with Crippen molar-refractivity contribution >= 4 is 17.5 Å². The summed E-state index contributed by atoms with van der Waals surface area (Å²) >= 11 is 0. The number of carbonyl (C=O) groups is 2. The van der Waals surface area contributed by atoms with Crippen LogP contribution in [0.25, 0.3) is 0 Å². The molecule has 5 rings (SSSR count). The summed E-state index contributed by atoms with van der Waals surface area (Å²) in [6, 6.07) is 28.0. The molecule has 0 saturated carbocycles. The molecule has 6 nitrogen and oxygen atoms in total. The average molecular weight is 484 g/mol. The molecule has 0 bridgehead atoms. The van der Waals surface area contributed by atoms with Gasteiger partial charge in [0.1, 0.15) is 5.75 Å². The van der Waals surface area contributed by atoms with E-state index in [9.17, 15) is 9.59 Å². The summed E-state index contributed by atoms with van der Waals surface area (Å²) in [4.78, 5) is 30.9. The number of carbonyl (C=O) groups excluding carboxylic acids is 2. The number of hydrogen-bond acceptors (Lipinski definition) is 4. The SMILES string of the molecule is O=C(NCCc1ccccc1)[C@@H]1CN(C(=O)[C@@H]2CCCN(Cc3ccccc3)C2)c2ccccc2O1. The van der Waals surface area contributed by atoms with Crippen molar-refractivity contribution in [2.45, 2.75) is 31.9 Å². The largest absolute Gasteiger partial charge is 0.477 e. The lowest BCUT2D eigenvalue weighted by atomic mass is 9.95. The van der Waals surface area contributed by atoms with E-state index in [1.54, 1.807) is 4.90 Å². The van der Waals surface area contributed by atoms with E-state index in [0.717, 1.165) is 44.6 Å². The molecule has 186 valence electrons. The summed E-state index contributed by atoms with van der Waals surface area (Å²) in [7, 11) is 0. The van der Waals surface area contributed by atoms with E-state index >= 15 is 0 Å². The van der Waals surface area contributed by atoms with Gasteiger partial charge in [-0.25, -0.2) is 0 Å². The molecule has 1 saturated heterocycles. The quantitative estimate of drug-likeness (QED) is 0.551. The predicted octanol–water partition coefficient (Wildman–Crippen LogP) is 4.05. The predicted molar refractivity (Wildman–Crippen MR) is 141 cm³/mol. The van der Waals surface area contributed by atoms with Crippen LogP contribution < -0.4 is 15.0 Å². The van der Waals surface area contributed by atoms with E-state index in [0.29, 0.717) is 12.3 Å². The first-order valence-electron chi connectivity index (χ1n) is 12.8. The molecule has 0 radical (unpaired) electrons. The first kappa shape index (κ1) is 24.1. The molecule has 1 N–H and O–H groups in total. The van der Waals surface area contributed by atoms with Crippen LogP contribution in [-0.4, -0.2) is 49.0 Å². The van der Waals surface area contributed by atoms with Crippen molar-refractivity contribution in [1.82, 2.24) is 10.2 Å². The minimum Gasteiger partial charge on any atom is -0.477 e. The van der Waals surface area contributed by atoms with Gasteiger partial charge in [0.15, 0.2) is 6.10 Å². The fraction of sp³-hybridized carbons (Fsp3) is 0.333. The molecule has 36 heavy (non-hydrogen) atoms. The highest BCUT2D eigenvalue weighted by molar-refractivity contribution is 5.98. The van der Waals surface area contributed by atoms with Crippen LogP contribution in [0.4, 0.5) is 5.69 Å². The number of amides is 2. The van der Waals surface area contributed by atoms with Crippen LogP contribution in [0, 0.1) is 5.92 Å². The van der Waals surface area contributed by atoms with Gasteiger partial charge in [0, 0.05) is 19.6 Å². The second-order valence-electron chi connectivity index (χ2n) is 9.61. The van der Waals surface area contributed by atoms with E-state index in [4.69, 9.17) is 4.74 Å². The molecule has 2 amide bonds. The van der Waals surface area contributed by atoms with Crippen LogP contribution in [-0.2, 0) is 22.6 Å². The Morgan fingerprint density at radius 3 is 2.33 bits per heavy atom. The minimum atomic E-state index is -0.733. The van der Waals surface area contributed by atoms with Crippen molar-refractivity contribution in [3.8, 4) is 5.75 Å². The molecule has 0 aliphatic carbocycles. The van der Waals surface area contributed by atoms with Crippen molar-refractivity contribution in [2.75, 3.05) is 31.1 Å². The highest BCUT2D eigenvalue weighted by Gasteiger charge is 2.37. The first-order valence-corrected chi connectivity index (χ1v) is 12.8. The summed E-state index contributed by atoms with van der Waals surface area (Å²) < 4.78 is 6.05. The van der Waals surface area contributed by atoms with E-state index in [1.165, 1.54) is 11.1 Å². The molecule has 2 aliphatic heterocycles. The smallest absolute Gasteiger partial charge is 0.262 e. The highest BCUT2D eigenvalue weighted by atomic mass is 16.5. The lowest BCUT2D eigenvalue weighted by Crippen LogP contribution is -2.53. The molecule has 3 aromatic carbocycles. The van der Waals surface area contributed by atoms with E-state index in [1.807, 2.05) is 60.7 Å². The third-order valence-corrected chi connectivity index (χ3v) is 6.99. The molecule has 0 aromatic heterocycles. The number of anilines is 1. The molecule has 1 fully saturated rings. The summed E-state index contributed by atoms with van der Waals surface area (Å²) in [5, 5.41) is 2.99. The Hall–Kier alpha value is -3.64. The average Bonchev–Trinajstić information content (AvgIpc) is 2.93. The molecule has 0 spiro atoms. The first-order chi connectivity index (χ1) is 17.7. The van der Waals surface area contributed by atoms with Gasteiger partial charge in [-0.05, 0) is 49.1 Å². The lowest BCUT2D eigenvalue weighted by Gasteiger charge is -2.38. The Labute approximate surface area is 212 Å². The number of nitrogens with zero attached hydrogens (tertiary/aromatic N) is 2. The Kier molecular flexibility index (Phi) is 7.62. The zero-order chi connectivity index (χ0) is 24.7. The highest BCUT2D eigenvalue weighted by Crippen LogP contribution is 2.35. The third kappa shape index (κ3) is 5.77. The van der Waals surface area contributed by atoms with Gasteiger partial charge in [-0.3, -0.25) is 14.5 Å². The standard InChI is InChI=1S/C30H33N3O3/c34-29(31-18-17-23-10-3-1-4-11-23)28-22-33(26-15-7-8-16-27(26)36-28)30(35)25-14-9-19-32(21-25)20-24-12-5-2-6-13-24/h1-8,10-13,15-16,25,28H,9,14,17-22H2,(H,31,34)/t25-,28+/m1/s1. The molecular formula is C30H33N3O3. The number of para-hydroxylation sites is 2. The third-order valence-electron chi connectivity index (χ3n) is 6.99. The number of benzene rings is 3. The normalized spacial score (nSPS) is 19.7. The molecule has 0 unspecified atom stereocenters. The van der Waals surface area contributed by atoms with Gasteiger partial charge in [-0.1, -0.05) is 72.8 Å². The molecular weight excluding hydrogens is 450 g/mol. The number of hydrogen-bond donors (Lipinski definition) is 1. The Balaban J connectivity index is 1.25. The second-order valence-corrected chi connectivity index (χ2v) is 9.61. The van der Waals surface area contributed by atoms with Crippen molar-refractivity contribution in [2.24, 2.45) is 5.92 Å². The van der Waals surface area contributed by atoms with Gasteiger partial charge < -0.3 is 15.0 Å². The minimum absolute atomic E-state index is 0.0746. The van der Waals surface area contributed by atoms with Gasteiger partial charge in [0.2, 0.25) is 5.91 Å². The Morgan fingerprint density at radius 2 is 1.56 bits per heavy atom. The van der Waals surface area contributed by atoms with Crippen LogP contribution in [0.3, 0.4) is 0 Å². The monoisotopic (exact) mass is 483 g/mol. The summed E-state index contributed by atoms with van der Waals surface area (Å²) in [6.45, 7) is 3.31. The van der Waals surface area contributed by atoms with Crippen LogP contribution in [0.2, 0.25) is 0 Å². The van der Waals surface area contributed by atoms with E-state index in [2.05, 4.69) is 34.5 Å². The summed E-state index contributed by atoms with van der Waals surface area (Å²) in [6.07, 6.45) is 1.86. The fourth-order valence-electron chi connectivity index (χ4n) is 5.13. The van der Waals surface area contributed by atoms with Crippen LogP contribution >= 0.6 is 0 Å². The number of rotatable bonds is 7. The van der Waals surface area contributed by atoms with Gasteiger partial charge in [-0.15, -0.1) is 0 Å². The number of nitrogens with one attached hydrogen (secondary N) is 1. The number of likely N-dealkylation sites (tertiary alicyclic amines) is 1. The molecule has 2 heterocycles. The van der Waals surface area contributed by atoms with Crippen molar-refractivity contribution < 1.29 is 14.3 Å². The molecule has 6 heteroatoms. The maximum atomic E-state index is 13.8. The topological polar surface area (TPSA) is 61.9 Å². The zero-order valence-corrected chi connectivity index (χ0v) is 20.5. The summed E-state index contributed by atoms with van der Waals surface area (Å²) in [5.74, 6) is 0.367. The number of fused-ring (bicyclic) bond motifs is 1. The number of ether oxygens (including phenoxy) is 1. The number of piperidine rings is 1. The van der Waals surface area contributed by atoms with Gasteiger partial charge in [-0.2, -0.15) is 0 Å². The molecule has 3 aromatic rings. The van der Waals surface area contributed by atoms with E-state index < -0.39 is 6.10 Å². The fourth-order valence-corrected chi connectivity index (χ4v) is 5.13. The maximum Gasteiger partial charge on any atom is 0.262 e. The van der Waals surface area contributed by atoms with Gasteiger partial charge >= 0.3 is 0 Å². The Morgan fingerprint density at radius 1 is 0.861 bits per heavy atom. The Bertz CT molecular complexity index is 1170. The van der Waals surface area contributed by atoms with E-state index in [-0.39, 0.29) is 24.3 Å². The van der Waals surface area contributed by atoms with Gasteiger partial charge in [0.25, 0.3) is 5.91 Å². The van der Waals surface area contributed by atoms with Gasteiger partial charge in [0.05, 0.1) is 18.2 Å². The molecule has 2 aliphatic rings. The van der Waals surface area contributed by atoms with Crippen LogP contribution in [0.15, 0.2) is 84.9 Å². The zero-order valence-electron chi connectivity index (χ0n) is 20.5. The van der Waals surface area contributed by atoms with Crippen molar-refractivity contribution in [3.63, 3.8) is 0 Å². The maximum absolute atomic E-state index is 13.8. The molecule has 2 atom stereocenters. The second kappa shape index (κ2) is 11.4. The van der Waals surface area contributed by atoms with Crippen molar-refractivity contribution in [1.29, 1.82) is 0 Å². The van der Waals surface area contributed by atoms with Crippen LogP contribution in [0.1, 0.15) is 24.0 Å². The van der Waals surface area contributed by atoms with Crippen LogP contribution in [0.5, 0.6) is 5.75 Å². The summed E-state index contributed by atoms with van der Waals surface area (Å²) in [5.41, 5.74) is 3.17. The lowest BCUT2D eigenvalue weighted by molar-refractivity contribution is -0.129. The van der Waals surface area contributed by atoms with Crippen molar-refractivity contribution in [3.05, 3.63) is 96.1 Å².